The molecule has 0 spiro atoms. The van der Waals surface area contributed by atoms with Crippen molar-refractivity contribution in [2.45, 2.75) is 19.6 Å². The highest BCUT2D eigenvalue weighted by molar-refractivity contribution is 7.09. The Morgan fingerprint density at radius 2 is 1.88 bits per heavy atom. The van der Waals surface area contributed by atoms with Crippen LogP contribution in [0.1, 0.15) is 16.5 Å². The number of nitrogens with zero attached hydrogens (tertiary/aromatic N) is 3. The SMILES string of the molecule is c1coc(CN(Cc2nc(-c3ccco3)no2)Cc2cccs2)c1. The largest absolute Gasteiger partial charge is 0.468 e. The van der Waals surface area contributed by atoms with Crippen LogP contribution < -0.4 is 0 Å². The number of rotatable bonds is 7. The van der Waals surface area contributed by atoms with Gasteiger partial charge >= 0.3 is 0 Å². The topological polar surface area (TPSA) is 68.4 Å². The summed E-state index contributed by atoms with van der Waals surface area (Å²) in [5.41, 5.74) is 0. The van der Waals surface area contributed by atoms with E-state index >= 15 is 0 Å². The van der Waals surface area contributed by atoms with Gasteiger partial charge in [-0.25, -0.2) is 0 Å². The minimum Gasteiger partial charge on any atom is -0.468 e. The molecule has 0 radical (unpaired) electrons. The van der Waals surface area contributed by atoms with Crippen molar-refractivity contribution in [2.24, 2.45) is 0 Å². The average Bonchev–Trinajstić information content (AvgIpc) is 3.37. The lowest BCUT2D eigenvalue weighted by atomic mass is 10.3. The van der Waals surface area contributed by atoms with Crippen LogP contribution in [0.3, 0.4) is 0 Å². The summed E-state index contributed by atoms with van der Waals surface area (Å²) >= 11 is 1.72. The Hall–Kier alpha value is -2.64. The van der Waals surface area contributed by atoms with E-state index < -0.39 is 0 Å². The Morgan fingerprint density at radius 3 is 2.62 bits per heavy atom. The molecule has 7 heteroatoms. The fourth-order valence-electron chi connectivity index (χ4n) is 2.43. The summed E-state index contributed by atoms with van der Waals surface area (Å²) < 4.78 is 16.1. The minimum absolute atomic E-state index is 0.462. The van der Waals surface area contributed by atoms with Crippen LogP contribution in [0.2, 0.25) is 0 Å². The predicted octanol–water partition coefficient (Wildman–Crippen LogP) is 4.19. The first-order chi connectivity index (χ1) is 11.9. The lowest BCUT2D eigenvalue weighted by molar-refractivity contribution is 0.198. The predicted molar refractivity (Wildman–Crippen MR) is 88.0 cm³/mol. The van der Waals surface area contributed by atoms with Gasteiger partial charge in [0, 0.05) is 11.4 Å². The van der Waals surface area contributed by atoms with Crippen LogP contribution in [0.15, 0.2) is 67.7 Å². The number of furan rings is 2. The molecule has 6 nitrogen and oxygen atoms in total. The zero-order valence-electron chi connectivity index (χ0n) is 12.8. The Bertz CT molecular complexity index is 815. The average molecular weight is 341 g/mol. The highest BCUT2D eigenvalue weighted by Gasteiger charge is 2.16. The van der Waals surface area contributed by atoms with Crippen LogP contribution in [0.4, 0.5) is 0 Å². The molecular formula is C17H15N3O3S. The van der Waals surface area contributed by atoms with Crippen LogP contribution in [-0.2, 0) is 19.6 Å². The van der Waals surface area contributed by atoms with Gasteiger partial charge < -0.3 is 13.4 Å². The van der Waals surface area contributed by atoms with Crippen molar-refractivity contribution in [3.8, 4) is 11.6 Å². The molecule has 0 unspecified atom stereocenters. The van der Waals surface area contributed by atoms with Crippen molar-refractivity contribution < 1.29 is 13.4 Å². The molecule has 0 saturated heterocycles. The van der Waals surface area contributed by atoms with Crippen molar-refractivity contribution >= 4 is 11.3 Å². The molecule has 0 aliphatic heterocycles. The van der Waals surface area contributed by atoms with Crippen LogP contribution in [0.25, 0.3) is 11.6 Å². The lowest BCUT2D eigenvalue weighted by Gasteiger charge is -2.18. The zero-order chi connectivity index (χ0) is 16.2. The van der Waals surface area contributed by atoms with Gasteiger partial charge in [0.2, 0.25) is 11.7 Å². The van der Waals surface area contributed by atoms with Gasteiger partial charge in [0.25, 0.3) is 0 Å². The summed E-state index contributed by atoms with van der Waals surface area (Å²) in [5, 5.41) is 6.05. The van der Waals surface area contributed by atoms with Crippen LogP contribution in [0, 0.1) is 0 Å². The first kappa shape index (κ1) is 14.9. The fraction of sp³-hybridized carbons (Fsp3) is 0.176. The third-order valence-corrected chi connectivity index (χ3v) is 4.35. The Morgan fingerprint density at radius 1 is 0.958 bits per heavy atom. The van der Waals surface area contributed by atoms with Gasteiger partial charge in [-0.05, 0) is 35.7 Å². The molecule has 24 heavy (non-hydrogen) atoms. The van der Waals surface area contributed by atoms with E-state index in [9.17, 15) is 0 Å². The number of hydrogen-bond donors (Lipinski definition) is 0. The van der Waals surface area contributed by atoms with Gasteiger partial charge in [0.05, 0.1) is 25.6 Å². The highest BCUT2D eigenvalue weighted by Crippen LogP contribution is 2.19. The summed E-state index contributed by atoms with van der Waals surface area (Å²) in [6.07, 6.45) is 3.27. The van der Waals surface area contributed by atoms with Crippen LogP contribution in [-0.4, -0.2) is 15.0 Å². The first-order valence-corrected chi connectivity index (χ1v) is 8.38. The standard InChI is InChI=1S/C17H15N3O3S/c1-4-13(21-7-1)10-20(11-14-5-3-9-24-14)12-16-18-17(19-23-16)15-6-2-8-22-15/h1-9H,10-12H2. The van der Waals surface area contributed by atoms with Gasteiger partial charge in [-0.3, -0.25) is 4.90 Å². The van der Waals surface area contributed by atoms with E-state index in [0.717, 1.165) is 12.3 Å². The Labute approximate surface area is 142 Å². The molecular weight excluding hydrogens is 326 g/mol. The van der Waals surface area contributed by atoms with E-state index in [-0.39, 0.29) is 0 Å². The highest BCUT2D eigenvalue weighted by atomic mass is 32.1. The zero-order valence-corrected chi connectivity index (χ0v) is 13.6. The maximum Gasteiger partial charge on any atom is 0.241 e. The second-order valence-corrected chi connectivity index (χ2v) is 6.33. The summed E-state index contributed by atoms with van der Waals surface area (Å²) in [6, 6.07) is 11.6. The summed E-state index contributed by atoms with van der Waals surface area (Å²) in [6.45, 7) is 1.99. The van der Waals surface area contributed by atoms with E-state index in [1.807, 2.05) is 18.2 Å². The number of aromatic nitrogens is 2. The van der Waals surface area contributed by atoms with Crippen molar-refractivity contribution in [2.75, 3.05) is 0 Å². The monoisotopic (exact) mass is 341 g/mol. The van der Waals surface area contributed by atoms with E-state index in [1.54, 1.807) is 36.0 Å². The minimum atomic E-state index is 0.462. The molecule has 4 rings (SSSR count). The molecule has 0 aliphatic rings. The Kier molecular flexibility index (Phi) is 4.26. The molecule has 122 valence electrons. The van der Waals surface area contributed by atoms with E-state index in [4.69, 9.17) is 13.4 Å². The molecule has 0 aromatic carbocycles. The van der Waals surface area contributed by atoms with Crippen LogP contribution in [0.5, 0.6) is 0 Å². The smallest absolute Gasteiger partial charge is 0.241 e. The molecule has 4 aromatic heterocycles. The van der Waals surface area contributed by atoms with Crippen LogP contribution >= 0.6 is 11.3 Å². The summed E-state index contributed by atoms with van der Waals surface area (Å²) in [4.78, 5) is 7.88. The molecule has 4 heterocycles. The van der Waals surface area contributed by atoms with Crippen molar-refractivity contribution in [3.63, 3.8) is 0 Å². The number of hydrogen-bond acceptors (Lipinski definition) is 7. The molecule has 0 atom stereocenters. The molecule has 0 aliphatic carbocycles. The van der Waals surface area contributed by atoms with Gasteiger partial charge in [-0.15, -0.1) is 11.3 Å². The molecule has 0 fully saturated rings. The van der Waals surface area contributed by atoms with Gasteiger partial charge in [-0.1, -0.05) is 11.2 Å². The van der Waals surface area contributed by atoms with Gasteiger partial charge in [0.15, 0.2) is 5.76 Å². The van der Waals surface area contributed by atoms with E-state index in [0.29, 0.717) is 30.6 Å². The molecule has 0 N–H and O–H groups in total. The van der Waals surface area contributed by atoms with E-state index in [2.05, 4.69) is 26.5 Å². The van der Waals surface area contributed by atoms with Crippen molar-refractivity contribution in [1.82, 2.24) is 15.0 Å². The van der Waals surface area contributed by atoms with Crippen molar-refractivity contribution in [1.29, 1.82) is 0 Å². The van der Waals surface area contributed by atoms with Crippen molar-refractivity contribution in [3.05, 3.63) is 70.8 Å². The fourth-order valence-corrected chi connectivity index (χ4v) is 3.18. The summed E-state index contributed by atoms with van der Waals surface area (Å²) in [5.74, 6) is 2.51. The molecule has 0 saturated carbocycles. The normalized spacial score (nSPS) is 11.4. The lowest BCUT2D eigenvalue weighted by Crippen LogP contribution is -2.21. The quantitative estimate of drug-likeness (QED) is 0.502. The first-order valence-electron chi connectivity index (χ1n) is 7.50. The molecule has 4 aromatic rings. The summed E-state index contributed by atoms with van der Waals surface area (Å²) in [7, 11) is 0. The Balaban J connectivity index is 1.50. The second kappa shape index (κ2) is 6.86. The third-order valence-electron chi connectivity index (χ3n) is 3.49. The van der Waals surface area contributed by atoms with Gasteiger partial charge in [-0.2, -0.15) is 4.98 Å². The maximum absolute atomic E-state index is 5.47. The number of thiophene rings is 1. The third kappa shape index (κ3) is 3.47. The maximum atomic E-state index is 5.47. The van der Waals surface area contributed by atoms with E-state index in [1.165, 1.54) is 4.88 Å². The second-order valence-electron chi connectivity index (χ2n) is 5.29. The molecule has 0 bridgehead atoms. The van der Waals surface area contributed by atoms with Gasteiger partial charge in [0.1, 0.15) is 5.76 Å². The molecule has 0 amide bonds.